The number of benzene rings is 2. The third kappa shape index (κ3) is 2.98. The molecule has 108 valence electrons. The van der Waals surface area contributed by atoms with Crippen molar-refractivity contribution >= 4 is 33.0 Å². The lowest BCUT2D eigenvalue weighted by Gasteiger charge is -2.19. The van der Waals surface area contributed by atoms with Crippen molar-refractivity contribution < 1.29 is 0 Å². The first-order chi connectivity index (χ1) is 10.2. The standard InChI is InChI=1S/C18H18ClNS/c1-12-9-14(19)7-8-15(12)17(20-2)10-13-11-21-18-6-4-3-5-16(13)18/h3-9,11,17,20H,10H2,1-2H3. The highest BCUT2D eigenvalue weighted by Gasteiger charge is 2.15. The highest BCUT2D eigenvalue weighted by atomic mass is 35.5. The van der Waals surface area contributed by atoms with Crippen LogP contribution in [0.5, 0.6) is 0 Å². The number of hydrogen-bond donors (Lipinski definition) is 1. The topological polar surface area (TPSA) is 12.0 Å². The summed E-state index contributed by atoms with van der Waals surface area (Å²) in [5.41, 5.74) is 3.96. The monoisotopic (exact) mass is 315 g/mol. The number of rotatable bonds is 4. The van der Waals surface area contributed by atoms with Crippen molar-refractivity contribution in [2.75, 3.05) is 7.05 Å². The van der Waals surface area contributed by atoms with Gasteiger partial charge in [0.05, 0.1) is 0 Å². The quantitative estimate of drug-likeness (QED) is 0.683. The van der Waals surface area contributed by atoms with Gasteiger partial charge in [-0.15, -0.1) is 11.3 Å². The van der Waals surface area contributed by atoms with Gasteiger partial charge in [-0.3, -0.25) is 0 Å². The second kappa shape index (κ2) is 6.18. The van der Waals surface area contributed by atoms with Gasteiger partial charge in [0, 0.05) is 15.8 Å². The van der Waals surface area contributed by atoms with Gasteiger partial charge in [0.15, 0.2) is 0 Å². The normalized spacial score (nSPS) is 12.7. The van der Waals surface area contributed by atoms with Crippen LogP contribution >= 0.6 is 22.9 Å². The Hall–Kier alpha value is -1.35. The number of thiophene rings is 1. The van der Waals surface area contributed by atoms with E-state index in [1.54, 1.807) is 0 Å². The van der Waals surface area contributed by atoms with Crippen LogP contribution in [0.3, 0.4) is 0 Å². The Labute approximate surface area is 134 Å². The molecule has 2 aromatic carbocycles. The van der Waals surface area contributed by atoms with Gasteiger partial charge in [-0.05, 0) is 66.0 Å². The number of likely N-dealkylation sites (N-methyl/N-ethyl adjacent to an activating group) is 1. The summed E-state index contributed by atoms with van der Waals surface area (Å²) < 4.78 is 1.36. The van der Waals surface area contributed by atoms with Gasteiger partial charge in [-0.2, -0.15) is 0 Å². The Kier molecular flexibility index (Phi) is 4.29. The first kappa shape index (κ1) is 14.6. The molecular weight excluding hydrogens is 298 g/mol. The first-order valence-corrected chi connectivity index (χ1v) is 8.33. The van der Waals surface area contributed by atoms with Gasteiger partial charge in [0.25, 0.3) is 0 Å². The molecule has 0 saturated heterocycles. The summed E-state index contributed by atoms with van der Waals surface area (Å²) in [6.45, 7) is 2.12. The fourth-order valence-corrected chi connectivity index (χ4v) is 4.01. The van der Waals surface area contributed by atoms with Gasteiger partial charge in [-0.1, -0.05) is 35.9 Å². The van der Waals surface area contributed by atoms with Crippen LogP contribution in [0.25, 0.3) is 10.1 Å². The zero-order valence-electron chi connectivity index (χ0n) is 12.2. The molecule has 0 aliphatic rings. The van der Waals surface area contributed by atoms with Crippen molar-refractivity contribution in [2.45, 2.75) is 19.4 Å². The zero-order valence-corrected chi connectivity index (χ0v) is 13.8. The minimum atomic E-state index is 0.306. The molecule has 0 radical (unpaired) electrons. The largest absolute Gasteiger partial charge is 0.313 e. The molecule has 21 heavy (non-hydrogen) atoms. The van der Waals surface area contributed by atoms with Crippen molar-refractivity contribution in [1.82, 2.24) is 5.32 Å². The average Bonchev–Trinajstić information content (AvgIpc) is 2.89. The van der Waals surface area contributed by atoms with Gasteiger partial charge in [-0.25, -0.2) is 0 Å². The van der Waals surface area contributed by atoms with Crippen molar-refractivity contribution in [1.29, 1.82) is 0 Å². The summed E-state index contributed by atoms with van der Waals surface area (Å²) in [5, 5.41) is 7.89. The molecule has 1 heterocycles. The molecule has 0 amide bonds. The highest BCUT2D eigenvalue weighted by molar-refractivity contribution is 7.17. The van der Waals surface area contributed by atoms with Crippen LogP contribution in [0, 0.1) is 6.92 Å². The maximum atomic E-state index is 6.07. The number of halogens is 1. The Balaban J connectivity index is 1.94. The Morgan fingerprint density at radius 1 is 1.19 bits per heavy atom. The molecule has 1 aromatic heterocycles. The smallest absolute Gasteiger partial charge is 0.0408 e. The Morgan fingerprint density at radius 2 is 2.00 bits per heavy atom. The number of fused-ring (bicyclic) bond motifs is 1. The fraction of sp³-hybridized carbons (Fsp3) is 0.222. The van der Waals surface area contributed by atoms with E-state index in [1.165, 1.54) is 26.8 Å². The third-order valence-corrected chi connectivity index (χ3v) is 5.19. The average molecular weight is 316 g/mol. The summed E-state index contributed by atoms with van der Waals surface area (Å²) in [7, 11) is 2.02. The lowest BCUT2D eigenvalue weighted by molar-refractivity contribution is 0.591. The van der Waals surface area contributed by atoms with Crippen molar-refractivity contribution in [3.8, 4) is 0 Å². The van der Waals surface area contributed by atoms with Crippen molar-refractivity contribution in [2.24, 2.45) is 0 Å². The van der Waals surface area contributed by atoms with E-state index in [4.69, 9.17) is 11.6 Å². The van der Waals surface area contributed by atoms with E-state index in [1.807, 2.05) is 30.5 Å². The van der Waals surface area contributed by atoms with Crippen LogP contribution in [-0.4, -0.2) is 7.05 Å². The van der Waals surface area contributed by atoms with E-state index in [9.17, 15) is 0 Å². The molecule has 0 fully saturated rings. The summed E-state index contributed by atoms with van der Waals surface area (Å²) in [6.07, 6.45) is 0.989. The van der Waals surface area contributed by atoms with Gasteiger partial charge in [0.1, 0.15) is 0 Å². The van der Waals surface area contributed by atoms with Crippen LogP contribution in [0.4, 0.5) is 0 Å². The molecule has 0 aliphatic heterocycles. The fourth-order valence-electron chi connectivity index (χ4n) is 2.81. The first-order valence-electron chi connectivity index (χ1n) is 7.07. The summed E-state index contributed by atoms with van der Waals surface area (Å²) in [6, 6.07) is 15.1. The number of hydrogen-bond acceptors (Lipinski definition) is 2. The molecule has 0 bridgehead atoms. The lowest BCUT2D eigenvalue weighted by atomic mass is 9.95. The molecule has 1 N–H and O–H groups in total. The Morgan fingerprint density at radius 3 is 2.76 bits per heavy atom. The van der Waals surface area contributed by atoms with Crippen LogP contribution in [-0.2, 0) is 6.42 Å². The number of aryl methyl sites for hydroxylation is 1. The number of nitrogens with one attached hydrogen (secondary N) is 1. The molecule has 3 heteroatoms. The molecule has 0 saturated carbocycles. The highest BCUT2D eigenvalue weighted by Crippen LogP contribution is 2.30. The molecule has 1 atom stereocenters. The van der Waals surface area contributed by atoms with E-state index in [0.717, 1.165) is 11.4 Å². The third-order valence-electron chi connectivity index (χ3n) is 3.94. The maximum absolute atomic E-state index is 6.07. The molecule has 1 unspecified atom stereocenters. The van der Waals surface area contributed by atoms with Crippen LogP contribution < -0.4 is 5.32 Å². The lowest BCUT2D eigenvalue weighted by Crippen LogP contribution is -2.19. The van der Waals surface area contributed by atoms with Gasteiger partial charge in [0.2, 0.25) is 0 Å². The molecule has 0 aliphatic carbocycles. The van der Waals surface area contributed by atoms with Crippen LogP contribution in [0.15, 0.2) is 47.8 Å². The predicted octanol–water partition coefficient (Wildman–Crippen LogP) is 5.37. The SMILES string of the molecule is CNC(Cc1csc2ccccc12)c1ccc(Cl)cc1C. The summed E-state index contributed by atoms with van der Waals surface area (Å²) in [4.78, 5) is 0. The van der Waals surface area contributed by atoms with Crippen LogP contribution in [0.1, 0.15) is 22.7 Å². The van der Waals surface area contributed by atoms with Crippen molar-refractivity contribution in [3.63, 3.8) is 0 Å². The predicted molar refractivity (Wildman–Crippen MR) is 93.5 cm³/mol. The van der Waals surface area contributed by atoms with E-state index >= 15 is 0 Å². The van der Waals surface area contributed by atoms with E-state index in [2.05, 4.69) is 48.0 Å². The summed E-state index contributed by atoms with van der Waals surface area (Å²) in [5.74, 6) is 0. The van der Waals surface area contributed by atoms with E-state index < -0.39 is 0 Å². The van der Waals surface area contributed by atoms with Gasteiger partial charge >= 0.3 is 0 Å². The maximum Gasteiger partial charge on any atom is 0.0408 e. The molecule has 1 nitrogen and oxygen atoms in total. The minimum Gasteiger partial charge on any atom is -0.313 e. The minimum absolute atomic E-state index is 0.306. The van der Waals surface area contributed by atoms with E-state index in [-0.39, 0.29) is 0 Å². The molecule has 3 aromatic rings. The molecular formula is C18H18ClNS. The van der Waals surface area contributed by atoms with Crippen molar-refractivity contribution in [3.05, 3.63) is 69.6 Å². The van der Waals surface area contributed by atoms with Crippen LogP contribution in [0.2, 0.25) is 5.02 Å². The Bertz CT molecular complexity index is 763. The summed E-state index contributed by atoms with van der Waals surface area (Å²) >= 11 is 7.89. The second-order valence-electron chi connectivity index (χ2n) is 5.30. The van der Waals surface area contributed by atoms with Gasteiger partial charge < -0.3 is 5.32 Å². The van der Waals surface area contributed by atoms with E-state index in [0.29, 0.717) is 6.04 Å². The zero-order chi connectivity index (χ0) is 14.8. The molecule has 3 rings (SSSR count). The second-order valence-corrected chi connectivity index (χ2v) is 6.65. The molecule has 0 spiro atoms.